The molecule has 2 saturated heterocycles. The van der Waals surface area contributed by atoms with Gasteiger partial charge in [-0.05, 0) is 31.4 Å². The van der Waals surface area contributed by atoms with Gasteiger partial charge in [0.05, 0.1) is 33.7 Å². The fourth-order valence-electron chi connectivity index (χ4n) is 3.86. The molecule has 3 N–H and O–H groups in total. The van der Waals surface area contributed by atoms with Crippen molar-refractivity contribution in [3.05, 3.63) is 32.7 Å². The summed E-state index contributed by atoms with van der Waals surface area (Å²) < 4.78 is 30.1. The van der Waals surface area contributed by atoms with Gasteiger partial charge in [0.2, 0.25) is 0 Å². The van der Waals surface area contributed by atoms with Crippen molar-refractivity contribution in [3.8, 4) is 0 Å². The molecule has 10 heteroatoms. The highest BCUT2D eigenvalue weighted by Gasteiger charge is 2.46. The summed E-state index contributed by atoms with van der Waals surface area (Å²) in [6.07, 6.45) is 1.56. The number of amides is 1. The largest absolute Gasteiger partial charge is 0.374 e. The molecule has 2 fully saturated rings. The van der Waals surface area contributed by atoms with E-state index >= 15 is 0 Å². The molecule has 140 valence electrons. The van der Waals surface area contributed by atoms with Gasteiger partial charge < -0.3 is 20.0 Å². The number of ether oxygens (including phenoxy) is 1. The third-order valence-corrected chi connectivity index (χ3v) is 7.26. The van der Waals surface area contributed by atoms with Crippen molar-refractivity contribution >= 4 is 42.7 Å². The minimum atomic E-state index is -3.08. The first-order valence-electron chi connectivity index (χ1n) is 8.32. The van der Waals surface area contributed by atoms with E-state index in [2.05, 4.69) is 31.2 Å². The molecule has 2 unspecified atom stereocenters. The number of nitrogens with one attached hydrogen (secondary N) is 3. The first-order chi connectivity index (χ1) is 12.3. The Balaban J connectivity index is 1.56. The van der Waals surface area contributed by atoms with E-state index in [-0.39, 0.29) is 29.1 Å². The maximum Gasteiger partial charge on any atom is 0.323 e. The number of benzene rings is 1. The lowest BCUT2D eigenvalue weighted by Crippen LogP contribution is -2.49. The third kappa shape index (κ3) is 3.33. The minimum absolute atomic E-state index is 0.0125. The molecule has 3 heterocycles. The van der Waals surface area contributed by atoms with Gasteiger partial charge in [-0.1, -0.05) is 15.9 Å². The summed E-state index contributed by atoms with van der Waals surface area (Å²) in [6.45, 7) is 0.412. The van der Waals surface area contributed by atoms with Gasteiger partial charge in [0.1, 0.15) is 0 Å². The fraction of sp³-hybridized carbons (Fsp3) is 0.500. The number of rotatable bonds is 2. The molecule has 2 aliphatic heterocycles. The summed E-state index contributed by atoms with van der Waals surface area (Å²) >= 11 is 3.34. The zero-order valence-corrected chi connectivity index (χ0v) is 16.2. The molecule has 0 saturated carbocycles. The Bertz CT molecular complexity index is 1040. The molecule has 8 nitrogen and oxygen atoms in total. The number of sulfone groups is 1. The van der Waals surface area contributed by atoms with Gasteiger partial charge in [-0.3, -0.25) is 4.79 Å². The molecule has 0 aliphatic carbocycles. The average molecular weight is 444 g/mol. The summed E-state index contributed by atoms with van der Waals surface area (Å²) in [7, 11) is -3.08. The molecule has 1 amide bonds. The molecule has 2 aliphatic rings. The van der Waals surface area contributed by atoms with Gasteiger partial charge in [-0.15, -0.1) is 0 Å². The second-order valence-electron chi connectivity index (χ2n) is 6.99. The van der Waals surface area contributed by atoms with Gasteiger partial charge in [0.15, 0.2) is 9.84 Å². The minimum Gasteiger partial charge on any atom is -0.374 e. The van der Waals surface area contributed by atoms with Crippen LogP contribution in [0.15, 0.2) is 21.4 Å². The number of aromatic nitrogens is 2. The average Bonchev–Trinajstić information content (AvgIpc) is 3.05. The van der Waals surface area contributed by atoms with Crippen LogP contribution in [-0.2, 0) is 14.6 Å². The first kappa shape index (κ1) is 17.7. The van der Waals surface area contributed by atoms with Gasteiger partial charge >= 0.3 is 5.69 Å². The van der Waals surface area contributed by atoms with Gasteiger partial charge in [-0.25, -0.2) is 13.2 Å². The highest BCUT2D eigenvalue weighted by molar-refractivity contribution is 9.10. The number of imidazole rings is 1. The highest BCUT2D eigenvalue weighted by atomic mass is 79.9. The smallest absolute Gasteiger partial charge is 0.323 e. The normalized spacial score (nSPS) is 27.8. The lowest BCUT2D eigenvalue weighted by atomic mass is 9.89. The molecule has 4 rings (SSSR count). The van der Waals surface area contributed by atoms with Crippen LogP contribution in [-0.4, -0.2) is 54.0 Å². The molecular weight excluding hydrogens is 426 g/mol. The molecule has 2 aromatic rings. The van der Waals surface area contributed by atoms with E-state index in [9.17, 15) is 18.0 Å². The Morgan fingerprint density at radius 3 is 2.88 bits per heavy atom. The molecule has 1 aromatic carbocycles. The van der Waals surface area contributed by atoms with E-state index in [1.165, 1.54) is 0 Å². The SMILES string of the molecule is O=C(NC1CCOC2(CCS(=O)(=O)C2)C1)c1cc(Br)cc2[nH]c(=O)[nH]c12. The van der Waals surface area contributed by atoms with Gasteiger partial charge in [-0.2, -0.15) is 0 Å². The monoisotopic (exact) mass is 443 g/mol. The molecule has 1 aromatic heterocycles. The van der Waals surface area contributed by atoms with E-state index < -0.39 is 15.4 Å². The van der Waals surface area contributed by atoms with Gasteiger partial charge in [0.25, 0.3) is 5.91 Å². The Morgan fingerprint density at radius 2 is 2.15 bits per heavy atom. The van der Waals surface area contributed by atoms with Crippen molar-refractivity contribution < 1.29 is 17.9 Å². The summed E-state index contributed by atoms with van der Waals surface area (Å²) in [4.78, 5) is 29.6. The summed E-state index contributed by atoms with van der Waals surface area (Å²) in [6, 6.07) is 3.19. The Morgan fingerprint density at radius 1 is 1.35 bits per heavy atom. The number of hydrogen-bond acceptors (Lipinski definition) is 5. The van der Waals surface area contributed by atoms with Crippen LogP contribution in [0, 0.1) is 0 Å². The Kier molecular flexibility index (Phi) is 4.24. The van der Waals surface area contributed by atoms with E-state index in [4.69, 9.17) is 4.74 Å². The predicted octanol–water partition coefficient (Wildman–Crippen LogP) is 1.08. The van der Waals surface area contributed by atoms with E-state index in [0.29, 0.717) is 46.9 Å². The Labute approximate surface area is 157 Å². The molecule has 0 bridgehead atoms. The van der Waals surface area contributed by atoms with Crippen molar-refractivity contribution in [1.82, 2.24) is 15.3 Å². The van der Waals surface area contributed by atoms with Crippen LogP contribution in [0.1, 0.15) is 29.6 Å². The Hall–Kier alpha value is -1.65. The van der Waals surface area contributed by atoms with Crippen LogP contribution in [0.3, 0.4) is 0 Å². The van der Waals surface area contributed by atoms with Crippen LogP contribution >= 0.6 is 15.9 Å². The van der Waals surface area contributed by atoms with Crippen molar-refractivity contribution in [2.24, 2.45) is 0 Å². The number of hydrogen-bond donors (Lipinski definition) is 3. The molecular formula is C16H18BrN3O5S. The maximum atomic E-state index is 12.8. The standard InChI is InChI=1S/C16H18BrN3O5S/c17-9-5-11(13-12(6-9)19-15(22)20-13)14(21)18-10-1-3-25-16(7-10)2-4-26(23,24)8-16/h5-6,10H,1-4,7-8H2,(H,18,21)(H2,19,20,22). The number of carbonyl (C=O) groups is 1. The van der Waals surface area contributed by atoms with Crippen LogP contribution < -0.4 is 11.0 Å². The number of H-pyrrole nitrogens is 2. The van der Waals surface area contributed by atoms with Crippen LogP contribution in [0.25, 0.3) is 11.0 Å². The van der Waals surface area contributed by atoms with Crippen molar-refractivity contribution in [1.29, 1.82) is 0 Å². The lowest BCUT2D eigenvalue weighted by Gasteiger charge is -2.37. The topological polar surface area (TPSA) is 121 Å². The fourth-order valence-corrected chi connectivity index (χ4v) is 6.29. The zero-order valence-electron chi connectivity index (χ0n) is 13.8. The van der Waals surface area contributed by atoms with E-state index in [1.54, 1.807) is 12.1 Å². The second-order valence-corrected chi connectivity index (χ2v) is 10.1. The summed E-state index contributed by atoms with van der Waals surface area (Å²) in [5.74, 6) is -0.169. The lowest BCUT2D eigenvalue weighted by molar-refractivity contribution is -0.0690. The molecule has 2 atom stereocenters. The highest BCUT2D eigenvalue weighted by Crippen LogP contribution is 2.35. The predicted molar refractivity (Wildman–Crippen MR) is 99.1 cm³/mol. The van der Waals surface area contributed by atoms with Crippen molar-refractivity contribution in [2.75, 3.05) is 18.1 Å². The van der Waals surface area contributed by atoms with Crippen molar-refractivity contribution in [2.45, 2.75) is 30.9 Å². The zero-order chi connectivity index (χ0) is 18.5. The maximum absolute atomic E-state index is 12.8. The third-order valence-electron chi connectivity index (χ3n) is 5.01. The summed E-state index contributed by atoms with van der Waals surface area (Å²) in [5, 5.41) is 2.97. The summed E-state index contributed by atoms with van der Waals surface area (Å²) in [5.41, 5.74) is 0.269. The molecule has 0 radical (unpaired) electrons. The number of aromatic amines is 2. The van der Waals surface area contributed by atoms with Crippen LogP contribution in [0.5, 0.6) is 0 Å². The number of fused-ring (bicyclic) bond motifs is 1. The number of halogens is 1. The van der Waals surface area contributed by atoms with Crippen LogP contribution in [0.2, 0.25) is 0 Å². The van der Waals surface area contributed by atoms with E-state index in [0.717, 1.165) is 0 Å². The first-order valence-corrected chi connectivity index (χ1v) is 10.9. The number of carbonyl (C=O) groups excluding carboxylic acids is 1. The van der Waals surface area contributed by atoms with Crippen LogP contribution in [0.4, 0.5) is 0 Å². The van der Waals surface area contributed by atoms with Crippen molar-refractivity contribution in [3.63, 3.8) is 0 Å². The molecule has 1 spiro atoms. The van der Waals surface area contributed by atoms with E-state index in [1.807, 2.05) is 0 Å². The quantitative estimate of drug-likeness (QED) is 0.640. The second kappa shape index (κ2) is 6.21. The molecule has 26 heavy (non-hydrogen) atoms. The van der Waals surface area contributed by atoms with Gasteiger partial charge in [0, 0.05) is 17.1 Å².